The summed E-state index contributed by atoms with van der Waals surface area (Å²) in [5.74, 6) is 0.0835. The van der Waals surface area contributed by atoms with Crippen molar-refractivity contribution in [3.63, 3.8) is 0 Å². The molecule has 3 aliphatic rings. The third-order valence-corrected chi connectivity index (χ3v) is 7.13. The van der Waals surface area contributed by atoms with Gasteiger partial charge in [0.25, 0.3) is 0 Å². The first kappa shape index (κ1) is 24.0. The highest BCUT2D eigenvalue weighted by Gasteiger charge is 2.27. The standard InChI is InChI=1S/C27H30FN5O3/c1-32-15-19(3-5-20(16-32)33-11-9-17(10-12-33)13-25(34)35)18-4-6-21(22(28)14-18)26-29-23-7-8-24(36-2)30-27(23)31-26/h3,5-8,14-15,17-18H,4,9-13,16H2,1-2H3,(H-,29,30,31,34,35)/p+1. The number of likely N-dealkylation sites (tertiary alicyclic amines) is 1. The molecule has 0 saturated carbocycles. The van der Waals surface area contributed by atoms with E-state index in [0.29, 0.717) is 29.3 Å². The van der Waals surface area contributed by atoms with Crippen LogP contribution in [0.25, 0.3) is 16.7 Å². The van der Waals surface area contributed by atoms with Gasteiger partial charge in [0.2, 0.25) is 5.88 Å². The van der Waals surface area contributed by atoms with Gasteiger partial charge in [-0.2, -0.15) is 4.98 Å². The number of aliphatic carboxylic acids is 1. The minimum atomic E-state index is -0.716. The van der Waals surface area contributed by atoms with E-state index in [4.69, 9.17) is 9.84 Å². The fourth-order valence-corrected chi connectivity index (χ4v) is 5.18. The highest BCUT2D eigenvalue weighted by molar-refractivity contribution is 5.83. The van der Waals surface area contributed by atoms with E-state index in [2.05, 4.69) is 42.8 Å². The number of allylic oxidation sites excluding steroid dienone is 7. The van der Waals surface area contributed by atoms with Crippen molar-refractivity contribution >= 4 is 28.9 Å². The van der Waals surface area contributed by atoms with Gasteiger partial charge in [0.1, 0.15) is 18.7 Å². The van der Waals surface area contributed by atoms with E-state index in [1.54, 1.807) is 19.3 Å². The third kappa shape index (κ3) is 5.10. The van der Waals surface area contributed by atoms with Crippen LogP contribution in [-0.4, -0.2) is 75.5 Å². The molecule has 188 valence electrons. The number of methoxy groups -OCH3 is 1. The van der Waals surface area contributed by atoms with Gasteiger partial charge in [0.05, 0.1) is 18.3 Å². The molecule has 5 rings (SSSR count). The van der Waals surface area contributed by atoms with Crippen molar-refractivity contribution in [2.24, 2.45) is 11.8 Å². The molecular formula is C27H31FN5O3+. The molecule has 1 atom stereocenters. The van der Waals surface area contributed by atoms with Crippen LogP contribution in [0.1, 0.15) is 31.5 Å². The molecule has 9 heteroatoms. The van der Waals surface area contributed by atoms with E-state index in [1.165, 1.54) is 5.70 Å². The lowest BCUT2D eigenvalue weighted by molar-refractivity contribution is -0.485. The number of carboxylic acid groups (broad SMARTS) is 1. The SMILES string of the molecule is COc1ccc2[nH]c(C3=CCC(C4=CC=C(N5CCC(CC(=O)O)CC5)C[N+](C)=C4)C=C3F)nc2n1. The Kier molecular flexibility index (Phi) is 6.71. The molecule has 8 nitrogen and oxygen atoms in total. The van der Waals surface area contributed by atoms with Crippen molar-refractivity contribution in [2.75, 3.05) is 33.8 Å². The molecule has 2 N–H and O–H groups in total. The molecule has 0 spiro atoms. The van der Waals surface area contributed by atoms with Gasteiger partial charge in [-0.05, 0) is 43.4 Å². The van der Waals surface area contributed by atoms with Crippen molar-refractivity contribution < 1.29 is 23.6 Å². The lowest BCUT2D eigenvalue weighted by Gasteiger charge is -2.33. The maximum absolute atomic E-state index is 15.3. The summed E-state index contributed by atoms with van der Waals surface area (Å²) in [7, 11) is 3.58. The average molecular weight is 493 g/mol. The Bertz CT molecular complexity index is 1330. The maximum atomic E-state index is 15.3. The molecule has 4 heterocycles. The van der Waals surface area contributed by atoms with Crippen LogP contribution in [0.4, 0.5) is 4.39 Å². The first-order valence-corrected chi connectivity index (χ1v) is 12.3. The van der Waals surface area contributed by atoms with Crippen LogP contribution >= 0.6 is 0 Å². The number of carboxylic acids is 1. The lowest BCUT2D eigenvalue weighted by atomic mass is 9.89. The summed E-state index contributed by atoms with van der Waals surface area (Å²) in [6.45, 7) is 2.49. The smallest absolute Gasteiger partial charge is 0.303 e. The van der Waals surface area contributed by atoms with Gasteiger partial charge in [-0.25, -0.2) is 13.9 Å². The number of likely N-dealkylation sites (N-methyl/N-ethyl adjacent to an activating group) is 1. The number of piperidine rings is 1. The molecule has 0 amide bonds. The Morgan fingerprint density at radius 2 is 2.08 bits per heavy atom. The van der Waals surface area contributed by atoms with E-state index in [-0.39, 0.29) is 24.1 Å². The number of carbonyl (C=O) groups is 1. The van der Waals surface area contributed by atoms with Crippen LogP contribution in [0, 0.1) is 11.8 Å². The number of aromatic amines is 1. The Morgan fingerprint density at radius 1 is 1.28 bits per heavy atom. The van der Waals surface area contributed by atoms with Crippen LogP contribution in [-0.2, 0) is 4.79 Å². The zero-order chi connectivity index (χ0) is 25.2. The molecule has 1 unspecified atom stereocenters. The molecule has 1 aliphatic carbocycles. The van der Waals surface area contributed by atoms with Gasteiger partial charge in [-0.3, -0.25) is 4.79 Å². The predicted molar refractivity (Wildman–Crippen MR) is 136 cm³/mol. The number of imidazole rings is 1. The quantitative estimate of drug-likeness (QED) is 0.593. The van der Waals surface area contributed by atoms with E-state index in [9.17, 15) is 4.79 Å². The first-order valence-electron chi connectivity index (χ1n) is 12.3. The van der Waals surface area contributed by atoms with Crippen LogP contribution in [0.2, 0.25) is 0 Å². The zero-order valence-corrected chi connectivity index (χ0v) is 20.6. The molecule has 1 saturated heterocycles. The second-order valence-electron chi connectivity index (χ2n) is 9.68. The van der Waals surface area contributed by atoms with Gasteiger partial charge in [-0.15, -0.1) is 0 Å². The van der Waals surface area contributed by atoms with Crippen molar-refractivity contribution in [3.05, 3.63) is 59.4 Å². The number of rotatable bonds is 6. The molecule has 0 aromatic carbocycles. The largest absolute Gasteiger partial charge is 0.481 e. The number of H-pyrrole nitrogens is 1. The van der Waals surface area contributed by atoms with Crippen molar-refractivity contribution in [1.82, 2.24) is 19.9 Å². The minimum absolute atomic E-state index is 0.0734. The number of aromatic nitrogens is 3. The molecule has 2 aromatic heterocycles. The van der Waals surface area contributed by atoms with E-state index in [1.807, 2.05) is 19.2 Å². The van der Waals surface area contributed by atoms with E-state index in [0.717, 1.165) is 43.6 Å². The summed E-state index contributed by atoms with van der Waals surface area (Å²) in [6.07, 6.45) is 12.6. The van der Waals surface area contributed by atoms with Gasteiger partial charge >= 0.3 is 5.97 Å². The molecule has 2 aromatic rings. The van der Waals surface area contributed by atoms with E-state index >= 15 is 4.39 Å². The normalized spacial score (nSPS) is 21.2. The Hall–Kier alpha value is -3.75. The summed E-state index contributed by atoms with van der Waals surface area (Å²) in [5.41, 5.74) is 3.93. The molecule has 1 fully saturated rings. The summed E-state index contributed by atoms with van der Waals surface area (Å²) < 4.78 is 22.6. The highest BCUT2D eigenvalue weighted by atomic mass is 19.1. The Labute approximate surface area is 209 Å². The second kappa shape index (κ2) is 10.1. The number of hydrogen-bond acceptors (Lipinski definition) is 5. The van der Waals surface area contributed by atoms with Gasteiger partial charge in [-0.1, -0.05) is 12.2 Å². The van der Waals surface area contributed by atoms with E-state index < -0.39 is 5.97 Å². The maximum Gasteiger partial charge on any atom is 0.303 e. The third-order valence-electron chi connectivity index (χ3n) is 7.13. The number of hydrogen-bond donors (Lipinski definition) is 2. The minimum Gasteiger partial charge on any atom is -0.481 e. The number of ether oxygens (including phenoxy) is 1. The number of pyridine rings is 1. The van der Waals surface area contributed by atoms with Crippen LogP contribution in [0.15, 0.2) is 53.5 Å². The van der Waals surface area contributed by atoms with Gasteiger partial charge in [0.15, 0.2) is 18.4 Å². The van der Waals surface area contributed by atoms with Crippen molar-refractivity contribution in [2.45, 2.75) is 25.7 Å². The number of nitrogens with zero attached hydrogens (tertiary/aromatic N) is 4. The van der Waals surface area contributed by atoms with Crippen molar-refractivity contribution in [3.8, 4) is 5.88 Å². The molecular weight excluding hydrogens is 461 g/mol. The van der Waals surface area contributed by atoms with Crippen LogP contribution in [0.3, 0.4) is 0 Å². The summed E-state index contributed by atoms with van der Waals surface area (Å²) in [5, 5.41) is 9.07. The molecule has 36 heavy (non-hydrogen) atoms. The summed E-state index contributed by atoms with van der Waals surface area (Å²) >= 11 is 0. The van der Waals surface area contributed by atoms with Crippen LogP contribution < -0.4 is 4.74 Å². The average Bonchev–Trinajstić information content (AvgIpc) is 3.18. The zero-order valence-electron chi connectivity index (χ0n) is 20.6. The predicted octanol–water partition coefficient (Wildman–Crippen LogP) is 3.95. The van der Waals surface area contributed by atoms with Gasteiger partial charge in [0, 0.05) is 42.6 Å². The highest BCUT2D eigenvalue weighted by Crippen LogP contribution is 2.34. The van der Waals surface area contributed by atoms with Gasteiger partial charge < -0.3 is 19.7 Å². The number of halogens is 1. The van der Waals surface area contributed by atoms with Crippen molar-refractivity contribution in [1.29, 1.82) is 0 Å². The Morgan fingerprint density at radius 3 is 2.81 bits per heavy atom. The second-order valence-corrected chi connectivity index (χ2v) is 9.68. The fraction of sp³-hybridized carbons (Fsp3) is 0.407. The molecule has 0 radical (unpaired) electrons. The number of nitrogens with one attached hydrogen (secondary N) is 1. The Balaban J connectivity index is 1.30. The van der Waals surface area contributed by atoms with Crippen LogP contribution in [0.5, 0.6) is 5.88 Å². The fourth-order valence-electron chi connectivity index (χ4n) is 5.18. The summed E-state index contributed by atoms with van der Waals surface area (Å²) in [6, 6.07) is 3.57. The number of fused-ring (bicyclic) bond motifs is 1. The first-order chi connectivity index (χ1) is 17.4. The topological polar surface area (TPSA) is 94.4 Å². The molecule has 0 bridgehead atoms. The monoisotopic (exact) mass is 492 g/mol. The summed E-state index contributed by atoms with van der Waals surface area (Å²) in [4.78, 5) is 25.3. The molecule has 2 aliphatic heterocycles. The lowest BCUT2D eigenvalue weighted by Crippen LogP contribution is -2.36.